The second-order valence-electron chi connectivity index (χ2n) is 6.76. The second-order valence-corrected chi connectivity index (χ2v) is 6.76. The average molecular weight is 359 g/mol. The molecule has 5 heteroatoms. The zero-order chi connectivity index (χ0) is 18.5. The van der Waals surface area contributed by atoms with Gasteiger partial charge in [0.1, 0.15) is 5.58 Å². The number of anilines is 1. The van der Waals surface area contributed by atoms with Crippen molar-refractivity contribution in [3.05, 3.63) is 39.7 Å². The topological polar surface area (TPSA) is 51.9 Å². The van der Waals surface area contributed by atoms with Crippen molar-refractivity contribution in [1.82, 2.24) is 0 Å². The Hall–Kier alpha value is -1.85. The van der Waals surface area contributed by atoms with Crippen LogP contribution in [-0.4, -0.2) is 32.6 Å². The molecule has 2 heterocycles. The molecule has 1 aromatic carbocycles. The van der Waals surface area contributed by atoms with Crippen molar-refractivity contribution in [1.29, 1.82) is 0 Å². The molecule has 5 nitrogen and oxygen atoms in total. The van der Waals surface area contributed by atoms with Gasteiger partial charge < -0.3 is 18.8 Å². The lowest BCUT2D eigenvalue weighted by Gasteiger charge is -2.23. The number of fused-ring (bicyclic) bond motifs is 1. The molecule has 0 N–H and O–H groups in total. The summed E-state index contributed by atoms with van der Waals surface area (Å²) in [6, 6.07) is 6.11. The summed E-state index contributed by atoms with van der Waals surface area (Å²) in [6.07, 6.45) is 3.58. The highest BCUT2D eigenvalue weighted by molar-refractivity contribution is 5.84. The van der Waals surface area contributed by atoms with Crippen molar-refractivity contribution < 1.29 is 13.9 Å². The number of benzene rings is 1. The van der Waals surface area contributed by atoms with Crippen LogP contribution in [0.15, 0.2) is 27.4 Å². The summed E-state index contributed by atoms with van der Waals surface area (Å²) in [4.78, 5) is 14.7. The van der Waals surface area contributed by atoms with Gasteiger partial charge in [0, 0.05) is 48.8 Å². The van der Waals surface area contributed by atoms with Crippen molar-refractivity contribution >= 4 is 16.7 Å². The van der Waals surface area contributed by atoms with E-state index in [1.54, 1.807) is 0 Å². The molecule has 0 spiro atoms. The van der Waals surface area contributed by atoms with Gasteiger partial charge in [-0.1, -0.05) is 0 Å². The van der Waals surface area contributed by atoms with Crippen molar-refractivity contribution in [2.75, 3.05) is 31.2 Å². The molecule has 3 rings (SSSR count). The fourth-order valence-corrected chi connectivity index (χ4v) is 3.59. The Balaban J connectivity index is 1.78. The van der Waals surface area contributed by atoms with Crippen LogP contribution in [0, 0.1) is 6.92 Å². The smallest absolute Gasteiger partial charge is 0.339 e. The van der Waals surface area contributed by atoms with Crippen molar-refractivity contribution in [3.63, 3.8) is 0 Å². The Morgan fingerprint density at radius 1 is 1.23 bits per heavy atom. The van der Waals surface area contributed by atoms with Crippen LogP contribution in [0.3, 0.4) is 0 Å². The van der Waals surface area contributed by atoms with E-state index in [4.69, 9.17) is 13.9 Å². The monoisotopic (exact) mass is 359 g/mol. The van der Waals surface area contributed by atoms with Crippen LogP contribution in [0.2, 0.25) is 0 Å². The average Bonchev–Trinajstić information content (AvgIpc) is 2.66. The standard InChI is InChI=1S/C21H29NO4/c1-4-22(5-2)16-9-10-17-15(3)18(21(23)26-19(17)14-16)11-13-25-20-8-6-7-12-24-20/h9-10,14,20H,4-8,11-13H2,1-3H3. The molecule has 142 valence electrons. The van der Waals surface area contributed by atoms with Crippen LogP contribution >= 0.6 is 0 Å². The summed E-state index contributed by atoms with van der Waals surface area (Å²) < 4.78 is 17.0. The fraction of sp³-hybridized carbons (Fsp3) is 0.571. The maximum absolute atomic E-state index is 12.5. The van der Waals surface area contributed by atoms with Crippen molar-refractivity contribution in [3.8, 4) is 0 Å². The zero-order valence-electron chi connectivity index (χ0n) is 16.0. The van der Waals surface area contributed by atoms with Crippen LogP contribution in [0.5, 0.6) is 0 Å². The first kappa shape index (κ1) is 18.9. The van der Waals surface area contributed by atoms with E-state index in [0.717, 1.165) is 55.6 Å². The lowest BCUT2D eigenvalue weighted by atomic mass is 10.0. The van der Waals surface area contributed by atoms with Gasteiger partial charge in [-0.3, -0.25) is 0 Å². The maximum Gasteiger partial charge on any atom is 0.339 e. The van der Waals surface area contributed by atoms with E-state index in [0.29, 0.717) is 24.2 Å². The summed E-state index contributed by atoms with van der Waals surface area (Å²) in [7, 11) is 0. The molecule has 0 amide bonds. The maximum atomic E-state index is 12.5. The number of nitrogens with zero attached hydrogens (tertiary/aromatic N) is 1. The minimum absolute atomic E-state index is 0.131. The number of hydrogen-bond donors (Lipinski definition) is 0. The van der Waals surface area contributed by atoms with Gasteiger partial charge in [0.2, 0.25) is 0 Å². The first-order valence-electron chi connectivity index (χ1n) is 9.68. The first-order valence-corrected chi connectivity index (χ1v) is 9.68. The van der Waals surface area contributed by atoms with Crippen molar-refractivity contribution in [2.45, 2.75) is 52.7 Å². The third-order valence-corrected chi connectivity index (χ3v) is 5.19. The highest BCUT2D eigenvalue weighted by Gasteiger charge is 2.16. The molecule has 1 saturated heterocycles. The predicted octanol–water partition coefficient (Wildman–Crippen LogP) is 4.03. The third kappa shape index (κ3) is 4.10. The van der Waals surface area contributed by atoms with Crippen LogP contribution < -0.4 is 10.5 Å². The van der Waals surface area contributed by atoms with Gasteiger partial charge in [-0.25, -0.2) is 4.79 Å². The lowest BCUT2D eigenvalue weighted by molar-refractivity contribution is -0.161. The quantitative estimate of drug-likeness (QED) is 0.699. The molecule has 1 aromatic heterocycles. The molecule has 1 atom stereocenters. The van der Waals surface area contributed by atoms with Crippen LogP contribution in [0.1, 0.15) is 44.2 Å². The Morgan fingerprint density at radius 3 is 2.73 bits per heavy atom. The molecule has 2 aromatic rings. The number of rotatable bonds is 7. The molecule has 26 heavy (non-hydrogen) atoms. The number of aryl methyl sites for hydroxylation is 1. The molecule has 0 saturated carbocycles. The summed E-state index contributed by atoms with van der Waals surface area (Å²) in [5.41, 5.74) is 3.15. The molecule has 1 fully saturated rings. The van der Waals surface area contributed by atoms with E-state index in [9.17, 15) is 4.79 Å². The summed E-state index contributed by atoms with van der Waals surface area (Å²) in [5.74, 6) is 0. The molecule has 1 aliphatic rings. The normalized spacial score (nSPS) is 17.6. The predicted molar refractivity (Wildman–Crippen MR) is 104 cm³/mol. The first-order chi connectivity index (χ1) is 12.6. The molecular weight excluding hydrogens is 330 g/mol. The molecule has 0 radical (unpaired) electrons. The summed E-state index contributed by atoms with van der Waals surface area (Å²) in [5, 5.41) is 0.990. The van der Waals surface area contributed by atoms with Crippen LogP contribution in [-0.2, 0) is 15.9 Å². The van der Waals surface area contributed by atoms with E-state index >= 15 is 0 Å². The molecule has 0 bridgehead atoms. The van der Waals surface area contributed by atoms with Gasteiger partial charge in [0.25, 0.3) is 0 Å². The Morgan fingerprint density at radius 2 is 2.04 bits per heavy atom. The van der Waals surface area contributed by atoms with E-state index in [1.807, 2.05) is 13.0 Å². The van der Waals surface area contributed by atoms with E-state index in [1.165, 1.54) is 0 Å². The fourth-order valence-electron chi connectivity index (χ4n) is 3.59. The lowest BCUT2D eigenvalue weighted by Crippen LogP contribution is -2.24. The van der Waals surface area contributed by atoms with Crippen molar-refractivity contribution in [2.24, 2.45) is 0 Å². The Bertz CT molecular complexity index is 788. The largest absolute Gasteiger partial charge is 0.422 e. The minimum Gasteiger partial charge on any atom is -0.422 e. The Kier molecular flexibility index (Phi) is 6.33. The molecule has 1 aliphatic heterocycles. The zero-order valence-corrected chi connectivity index (χ0v) is 16.0. The van der Waals surface area contributed by atoms with Gasteiger partial charge in [0.15, 0.2) is 6.29 Å². The Labute approximate surface area is 154 Å². The van der Waals surface area contributed by atoms with E-state index in [-0.39, 0.29) is 11.9 Å². The second kappa shape index (κ2) is 8.69. The molecular formula is C21H29NO4. The van der Waals surface area contributed by atoms with E-state index < -0.39 is 0 Å². The van der Waals surface area contributed by atoms with Gasteiger partial charge in [-0.05, 0) is 57.7 Å². The number of ether oxygens (including phenoxy) is 2. The third-order valence-electron chi connectivity index (χ3n) is 5.19. The van der Waals surface area contributed by atoms with Gasteiger partial charge in [-0.2, -0.15) is 0 Å². The molecule has 1 unspecified atom stereocenters. The van der Waals surface area contributed by atoms with Crippen LogP contribution in [0.4, 0.5) is 5.69 Å². The van der Waals surface area contributed by atoms with Gasteiger partial charge >= 0.3 is 5.63 Å². The summed E-state index contributed by atoms with van der Waals surface area (Å²) >= 11 is 0. The summed E-state index contributed by atoms with van der Waals surface area (Å²) in [6.45, 7) is 9.30. The van der Waals surface area contributed by atoms with Crippen LogP contribution in [0.25, 0.3) is 11.0 Å². The number of hydrogen-bond acceptors (Lipinski definition) is 5. The highest BCUT2D eigenvalue weighted by atomic mass is 16.7. The van der Waals surface area contributed by atoms with E-state index in [2.05, 4.69) is 30.9 Å². The highest BCUT2D eigenvalue weighted by Crippen LogP contribution is 2.25. The molecule has 0 aliphatic carbocycles. The van der Waals surface area contributed by atoms with Gasteiger partial charge in [-0.15, -0.1) is 0 Å². The SMILES string of the molecule is CCN(CC)c1ccc2c(C)c(CCOC3CCCCO3)c(=O)oc2c1. The van der Waals surface area contributed by atoms with Gasteiger partial charge in [0.05, 0.1) is 6.61 Å². The minimum atomic E-state index is -0.264.